The monoisotopic (exact) mass is 413 g/mol. The maximum absolute atomic E-state index is 12.9. The first kappa shape index (κ1) is 19.8. The first-order valence-corrected chi connectivity index (χ1v) is 11.0. The van der Waals surface area contributed by atoms with Crippen molar-refractivity contribution in [2.45, 2.75) is 45.6 Å². The Morgan fingerprint density at radius 2 is 1.86 bits per heavy atom. The lowest BCUT2D eigenvalue weighted by Crippen LogP contribution is -2.45. The Balaban J connectivity index is 1.34. The van der Waals surface area contributed by atoms with Crippen LogP contribution in [0.5, 0.6) is 0 Å². The van der Waals surface area contributed by atoms with Gasteiger partial charge in [-0.15, -0.1) is 11.3 Å². The van der Waals surface area contributed by atoms with Gasteiger partial charge in [0.2, 0.25) is 5.91 Å². The average Bonchev–Trinajstić information content (AvgIpc) is 3.46. The van der Waals surface area contributed by atoms with Crippen molar-refractivity contribution >= 4 is 34.0 Å². The van der Waals surface area contributed by atoms with E-state index in [1.54, 1.807) is 0 Å². The topological polar surface area (TPSA) is 78.4 Å². The summed E-state index contributed by atoms with van der Waals surface area (Å²) in [4.78, 5) is 38.5. The summed E-state index contributed by atoms with van der Waals surface area (Å²) < 4.78 is 0. The molecule has 1 saturated heterocycles. The molecule has 3 heterocycles. The minimum atomic E-state index is 0.0223. The van der Waals surface area contributed by atoms with E-state index in [2.05, 4.69) is 20.2 Å². The van der Waals surface area contributed by atoms with Gasteiger partial charge in [-0.05, 0) is 51.7 Å². The standard InChI is InChI=1S/C21H27N5O2S/c1-13-12-18(23-14(2)22-13)26-10-8-16(9-11-26)25(3)21(28)17-6-7-19(29-17)24-20(27)15-4-5-15/h6-7,12,15-16H,4-5,8-11H2,1-3H3,(H,24,27). The summed E-state index contributed by atoms with van der Waals surface area (Å²) in [6.07, 6.45) is 3.75. The van der Waals surface area contributed by atoms with Crippen molar-refractivity contribution in [3.8, 4) is 0 Å². The smallest absolute Gasteiger partial charge is 0.263 e. The van der Waals surface area contributed by atoms with E-state index in [-0.39, 0.29) is 23.8 Å². The third kappa shape index (κ3) is 4.58. The van der Waals surface area contributed by atoms with Gasteiger partial charge >= 0.3 is 0 Å². The van der Waals surface area contributed by atoms with E-state index in [0.29, 0.717) is 4.88 Å². The second-order valence-corrected chi connectivity index (χ2v) is 9.06. The zero-order valence-electron chi connectivity index (χ0n) is 17.1. The summed E-state index contributed by atoms with van der Waals surface area (Å²) in [5.74, 6) is 2.01. The number of nitrogens with one attached hydrogen (secondary N) is 1. The van der Waals surface area contributed by atoms with E-state index in [0.717, 1.165) is 61.1 Å². The van der Waals surface area contributed by atoms with Crippen LogP contribution in [-0.4, -0.2) is 52.9 Å². The number of carbonyl (C=O) groups is 2. The molecule has 29 heavy (non-hydrogen) atoms. The second-order valence-electron chi connectivity index (χ2n) is 7.98. The van der Waals surface area contributed by atoms with Gasteiger partial charge in [-0.3, -0.25) is 9.59 Å². The average molecular weight is 414 g/mol. The molecular weight excluding hydrogens is 386 g/mol. The molecular formula is C21H27N5O2S. The highest BCUT2D eigenvalue weighted by Gasteiger charge is 2.30. The summed E-state index contributed by atoms with van der Waals surface area (Å²) in [5, 5.41) is 3.67. The number of carbonyl (C=O) groups excluding carboxylic acids is 2. The molecule has 7 nitrogen and oxygen atoms in total. The first-order valence-electron chi connectivity index (χ1n) is 10.2. The molecule has 2 aromatic heterocycles. The number of anilines is 2. The van der Waals surface area contributed by atoms with Crippen molar-refractivity contribution in [1.82, 2.24) is 14.9 Å². The van der Waals surface area contributed by atoms with Crippen LogP contribution in [0, 0.1) is 19.8 Å². The van der Waals surface area contributed by atoms with Gasteiger partial charge in [0.1, 0.15) is 11.6 Å². The number of piperidine rings is 1. The van der Waals surface area contributed by atoms with Crippen molar-refractivity contribution in [2.24, 2.45) is 5.92 Å². The van der Waals surface area contributed by atoms with Crippen LogP contribution in [0.15, 0.2) is 18.2 Å². The Kier molecular flexibility index (Phi) is 5.54. The van der Waals surface area contributed by atoms with E-state index in [1.807, 2.05) is 44.0 Å². The van der Waals surface area contributed by atoms with Crippen LogP contribution >= 0.6 is 11.3 Å². The van der Waals surface area contributed by atoms with Gasteiger partial charge in [-0.25, -0.2) is 9.97 Å². The van der Waals surface area contributed by atoms with Crippen LogP contribution in [-0.2, 0) is 4.79 Å². The molecule has 0 aromatic carbocycles. The molecule has 1 aliphatic heterocycles. The van der Waals surface area contributed by atoms with Crippen LogP contribution in [0.3, 0.4) is 0 Å². The van der Waals surface area contributed by atoms with Crippen LogP contribution in [0.2, 0.25) is 0 Å². The largest absolute Gasteiger partial charge is 0.356 e. The van der Waals surface area contributed by atoms with Crippen LogP contribution in [0.25, 0.3) is 0 Å². The van der Waals surface area contributed by atoms with E-state index < -0.39 is 0 Å². The molecule has 4 rings (SSSR count). The van der Waals surface area contributed by atoms with Crippen molar-refractivity contribution in [3.05, 3.63) is 34.6 Å². The number of hydrogen-bond acceptors (Lipinski definition) is 6. The molecule has 0 spiro atoms. The van der Waals surface area contributed by atoms with Crippen molar-refractivity contribution in [3.63, 3.8) is 0 Å². The summed E-state index contributed by atoms with van der Waals surface area (Å²) >= 11 is 1.36. The molecule has 1 saturated carbocycles. The van der Waals surface area contributed by atoms with Crippen molar-refractivity contribution in [2.75, 3.05) is 30.4 Å². The molecule has 2 aromatic rings. The fourth-order valence-corrected chi connectivity index (χ4v) is 4.66. The second kappa shape index (κ2) is 8.10. The molecule has 1 aliphatic carbocycles. The third-order valence-electron chi connectivity index (χ3n) is 5.62. The third-order valence-corrected chi connectivity index (χ3v) is 6.61. The van der Waals surface area contributed by atoms with Gasteiger partial charge in [0.15, 0.2) is 0 Å². The number of hydrogen-bond donors (Lipinski definition) is 1. The van der Waals surface area contributed by atoms with Crippen molar-refractivity contribution < 1.29 is 9.59 Å². The summed E-state index contributed by atoms with van der Waals surface area (Å²) in [6.45, 7) is 5.63. The molecule has 2 amide bonds. The molecule has 8 heteroatoms. The Morgan fingerprint density at radius 3 is 2.52 bits per heavy atom. The Bertz CT molecular complexity index is 895. The quantitative estimate of drug-likeness (QED) is 0.814. The fraction of sp³-hybridized carbons (Fsp3) is 0.524. The fourth-order valence-electron chi connectivity index (χ4n) is 3.77. The summed E-state index contributed by atoms with van der Waals surface area (Å²) in [7, 11) is 1.88. The molecule has 0 bridgehead atoms. The lowest BCUT2D eigenvalue weighted by Gasteiger charge is -2.37. The van der Waals surface area contributed by atoms with Crippen molar-refractivity contribution in [1.29, 1.82) is 0 Å². The van der Waals surface area contributed by atoms with Gasteiger partial charge in [-0.2, -0.15) is 0 Å². The molecule has 0 atom stereocenters. The van der Waals surface area contributed by atoms with Crippen LogP contribution < -0.4 is 10.2 Å². The predicted octanol–water partition coefficient (Wildman–Crippen LogP) is 3.24. The molecule has 154 valence electrons. The number of aromatic nitrogens is 2. The van der Waals surface area contributed by atoms with E-state index in [1.165, 1.54) is 11.3 Å². The molecule has 0 radical (unpaired) electrons. The van der Waals surface area contributed by atoms with Gasteiger partial charge in [0.25, 0.3) is 5.91 Å². The zero-order chi connectivity index (χ0) is 20.5. The number of thiophene rings is 1. The van der Waals surface area contributed by atoms with Gasteiger partial charge in [0.05, 0.1) is 9.88 Å². The maximum Gasteiger partial charge on any atom is 0.263 e. The Hall–Kier alpha value is -2.48. The first-order chi connectivity index (χ1) is 13.9. The highest BCUT2D eigenvalue weighted by Crippen LogP contribution is 2.32. The van der Waals surface area contributed by atoms with Crippen LogP contribution in [0.1, 0.15) is 46.9 Å². The minimum absolute atomic E-state index is 0.0223. The number of nitrogens with zero attached hydrogens (tertiary/aromatic N) is 4. The van der Waals surface area contributed by atoms with E-state index >= 15 is 0 Å². The number of aryl methyl sites for hydroxylation is 2. The molecule has 1 N–H and O–H groups in total. The summed E-state index contributed by atoms with van der Waals surface area (Å²) in [5.41, 5.74) is 0.976. The van der Waals surface area contributed by atoms with E-state index in [9.17, 15) is 9.59 Å². The SMILES string of the molecule is Cc1cc(N2CCC(N(C)C(=O)c3ccc(NC(=O)C4CC4)s3)CC2)nc(C)n1. The normalized spacial score (nSPS) is 17.3. The van der Waals surface area contributed by atoms with Gasteiger partial charge in [-0.1, -0.05) is 0 Å². The highest BCUT2D eigenvalue weighted by atomic mass is 32.1. The lowest BCUT2D eigenvalue weighted by atomic mass is 10.0. The van der Waals surface area contributed by atoms with Gasteiger partial charge < -0.3 is 15.1 Å². The Labute approximate surface area is 175 Å². The van der Waals surface area contributed by atoms with E-state index in [4.69, 9.17) is 0 Å². The molecule has 0 unspecified atom stereocenters. The minimum Gasteiger partial charge on any atom is -0.356 e. The predicted molar refractivity (Wildman–Crippen MR) is 115 cm³/mol. The lowest BCUT2D eigenvalue weighted by molar-refractivity contribution is -0.117. The molecule has 2 fully saturated rings. The summed E-state index contributed by atoms with van der Waals surface area (Å²) in [6, 6.07) is 5.86. The van der Waals surface area contributed by atoms with Gasteiger partial charge in [0, 0.05) is 43.9 Å². The number of amides is 2. The van der Waals surface area contributed by atoms with Crippen LogP contribution in [0.4, 0.5) is 10.8 Å². The Morgan fingerprint density at radius 1 is 1.14 bits per heavy atom. The zero-order valence-corrected chi connectivity index (χ0v) is 18.0. The number of rotatable bonds is 5. The highest BCUT2D eigenvalue weighted by molar-refractivity contribution is 7.18. The maximum atomic E-state index is 12.9. The molecule has 2 aliphatic rings.